The van der Waals surface area contributed by atoms with Crippen LogP contribution in [0.5, 0.6) is 0 Å². The third-order valence-corrected chi connectivity index (χ3v) is 1.95. The molecule has 1 unspecified atom stereocenters. The number of carboxylic acid groups (broad SMARTS) is 1. The van der Waals surface area contributed by atoms with Gasteiger partial charge in [0.2, 0.25) is 0 Å². The highest BCUT2D eigenvalue weighted by Gasteiger charge is 2.14. The molecule has 1 aromatic rings. The van der Waals surface area contributed by atoms with E-state index < -0.39 is 5.97 Å². The first-order valence-corrected chi connectivity index (χ1v) is 4.46. The molecule has 1 aromatic heterocycles. The summed E-state index contributed by atoms with van der Waals surface area (Å²) in [7, 11) is 0. The maximum atomic E-state index is 10.7. The summed E-state index contributed by atoms with van der Waals surface area (Å²) in [6, 6.07) is 1.70. The molecule has 0 aliphatic rings. The molecule has 0 saturated heterocycles. The van der Waals surface area contributed by atoms with Gasteiger partial charge in [0.05, 0.1) is 5.92 Å². The fraction of sp³-hybridized carbons (Fsp3) is 0.444. The normalized spacial score (nSPS) is 12.1. The number of aliphatic carboxylic acids is 1. The fourth-order valence-corrected chi connectivity index (χ4v) is 1.03. The highest BCUT2D eigenvalue weighted by molar-refractivity contribution is 5.70. The summed E-state index contributed by atoms with van der Waals surface area (Å²) in [6.45, 7) is 2.24. The molecule has 0 amide bonds. The summed E-state index contributed by atoms with van der Waals surface area (Å²) in [4.78, 5) is 18.4. The minimum absolute atomic E-state index is 0.370. The molecule has 2 N–H and O–H groups in total. The molecule has 0 aromatic carbocycles. The van der Waals surface area contributed by atoms with E-state index in [0.29, 0.717) is 18.8 Å². The molecule has 76 valence electrons. The Balaban J connectivity index is 2.44. The Kier molecular flexibility index (Phi) is 3.84. The van der Waals surface area contributed by atoms with Crippen LogP contribution in [-0.4, -0.2) is 27.6 Å². The number of hydrogen-bond donors (Lipinski definition) is 2. The molecule has 0 saturated carbocycles. The molecule has 5 heteroatoms. The zero-order valence-corrected chi connectivity index (χ0v) is 7.97. The standard InChI is InChI=1S/C9H13N3O2/c1-2-7(9(13)14)5-11-8-3-4-10-6-12-8/h3-4,6-7H,2,5H2,1H3,(H,13,14)(H,10,11,12). The maximum Gasteiger partial charge on any atom is 0.308 e. The Morgan fingerprint density at radius 2 is 2.50 bits per heavy atom. The molecule has 0 aliphatic carbocycles. The van der Waals surface area contributed by atoms with Crippen LogP contribution in [0.1, 0.15) is 13.3 Å². The van der Waals surface area contributed by atoms with Gasteiger partial charge in [-0.1, -0.05) is 6.92 Å². The van der Waals surface area contributed by atoms with Crippen molar-refractivity contribution >= 4 is 11.8 Å². The summed E-state index contributed by atoms with van der Waals surface area (Å²) < 4.78 is 0. The summed E-state index contributed by atoms with van der Waals surface area (Å²) in [5, 5.41) is 11.7. The summed E-state index contributed by atoms with van der Waals surface area (Å²) in [6.07, 6.45) is 3.63. The van der Waals surface area contributed by atoms with Crippen LogP contribution in [0.15, 0.2) is 18.6 Å². The minimum atomic E-state index is -0.783. The third kappa shape index (κ3) is 3.01. The third-order valence-electron chi connectivity index (χ3n) is 1.95. The smallest absolute Gasteiger partial charge is 0.308 e. The van der Waals surface area contributed by atoms with Crippen molar-refractivity contribution in [3.8, 4) is 0 Å². The largest absolute Gasteiger partial charge is 0.481 e. The quantitative estimate of drug-likeness (QED) is 0.733. The van der Waals surface area contributed by atoms with Gasteiger partial charge in [-0.25, -0.2) is 9.97 Å². The van der Waals surface area contributed by atoms with Gasteiger partial charge in [-0.15, -0.1) is 0 Å². The number of carboxylic acids is 1. The maximum absolute atomic E-state index is 10.7. The Labute approximate surface area is 82.2 Å². The number of anilines is 1. The molecule has 1 heterocycles. The van der Waals surface area contributed by atoms with Crippen LogP contribution in [0.2, 0.25) is 0 Å². The molecule has 1 rings (SSSR count). The van der Waals surface area contributed by atoms with Gasteiger partial charge in [-0.2, -0.15) is 0 Å². The van der Waals surface area contributed by atoms with Gasteiger partial charge in [0.1, 0.15) is 12.1 Å². The molecule has 0 fully saturated rings. The van der Waals surface area contributed by atoms with Crippen LogP contribution in [-0.2, 0) is 4.79 Å². The van der Waals surface area contributed by atoms with Crippen LogP contribution in [0.25, 0.3) is 0 Å². The lowest BCUT2D eigenvalue weighted by Crippen LogP contribution is -2.22. The van der Waals surface area contributed by atoms with Gasteiger partial charge in [0.15, 0.2) is 0 Å². The van der Waals surface area contributed by atoms with E-state index in [9.17, 15) is 4.79 Å². The van der Waals surface area contributed by atoms with Crippen LogP contribution >= 0.6 is 0 Å². The first-order valence-electron chi connectivity index (χ1n) is 4.46. The molecular formula is C9H13N3O2. The Morgan fingerprint density at radius 3 is 3.00 bits per heavy atom. The van der Waals surface area contributed by atoms with E-state index in [1.165, 1.54) is 6.33 Å². The van der Waals surface area contributed by atoms with E-state index in [1.54, 1.807) is 12.3 Å². The van der Waals surface area contributed by atoms with Crippen LogP contribution in [0.4, 0.5) is 5.82 Å². The van der Waals surface area contributed by atoms with Crippen molar-refractivity contribution in [3.05, 3.63) is 18.6 Å². The second kappa shape index (κ2) is 5.16. The number of nitrogens with zero attached hydrogens (tertiary/aromatic N) is 2. The van der Waals surface area contributed by atoms with Gasteiger partial charge in [0, 0.05) is 12.7 Å². The van der Waals surface area contributed by atoms with E-state index in [-0.39, 0.29) is 5.92 Å². The number of nitrogens with one attached hydrogen (secondary N) is 1. The van der Waals surface area contributed by atoms with E-state index in [2.05, 4.69) is 15.3 Å². The molecule has 0 spiro atoms. The van der Waals surface area contributed by atoms with Crippen molar-refractivity contribution in [2.75, 3.05) is 11.9 Å². The monoisotopic (exact) mass is 195 g/mol. The molecule has 1 atom stereocenters. The number of aromatic nitrogens is 2. The predicted molar refractivity (Wildman–Crippen MR) is 51.9 cm³/mol. The second-order valence-corrected chi connectivity index (χ2v) is 2.92. The lowest BCUT2D eigenvalue weighted by atomic mass is 10.1. The topological polar surface area (TPSA) is 75.1 Å². The average molecular weight is 195 g/mol. The first kappa shape index (κ1) is 10.4. The van der Waals surface area contributed by atoms with Gasteiger partial charge in [0.25, 0.3) is 0 Å². The summed E-state index contributed by atoms with van der Waals surface area (Å²) >= 11 is 0. The molecule has 14 heavy (non-hydrogen) atoms. The van der Waals surface area contributed by atoms with Gasteiger partial charge >= 0.3 is 5.97 Å². The highest BCUT2D eigenvalue weighted by atomic mass is 16.4. The number of carbonyl (C=O) groups is 1. The molecular weight excluding hydrogens is 182 g/mol. The highest BCUT2D eigenvalue weighted by Crippen LogP contribution is 2.05. The lowest BCUT2D eigenvalue weighted by Gasteiger charge is -2.10. The Morgan fingerprint density at radius 1 is 1.71 bits per heavy atom. The molecule has 0 bridgehead atoms. The molecule has 5 nitrogen and oxygen atoms in total. The van der Waals surface area contributed by atoms with Gasteiger partial charge in [-0.3, -0.25) is 4.79 Å². The number of rotatable bonds is 5. The SMILES string of the molecule is CCC(CNc1ccncn1)C(=O)O. The Bertz CT molecular complexity index is 289. The van der Waals surface area contributed by atoms with Crippen LogP contribution < -0.4 is 5.32 Å². The van der Waals surface area contributed by atoms with Gasteiger partial charge in [-0.05, 0) is 12.5 Å². The minimum Gasteiger partial charge on any atom is -0.481 e. The van der Waals surface area contributed by atoms with E-state index in [0.717, 1.165) is 0 Å². The van der Waals surface area contributed by atoms with Crippen molar-refractivity contribution in [1.82, 2.24) is 9.97 Å². The predicted octanol–water partition coefficient (Wildman–Crippen LogP) is 0.999. The van der Waals surface area contributed by atoms with Crippen molar-refractivity contribution in [1.29, 1.82) is 0 Å². The molecule has 0 aliphatic heterocycles. The summed E-state index contributed by atoms with van der Waals surface area (Å²) in [5.74, 6) is -0.501. The van der Waals surface area contributed by atoms with Gasteiger partial charge < -0.3 is 10.4 Å². The second-order valence-electron chi connectivity index (χ2n) is 2.92. The average Bonchev–Trinajstić information content (AvgIpc) is 2.20. The van der Waals surface area contributed by atoms with E-state index in [1.807, 2.05) is 6.92 Å². The lowest BCUT2D eigenvalue weighted by molar-refractivity contribution is -0.141. The fourth-order valence-electron chi connectivity index (χ4n) is 1.03. The zero-order valence-electron chi connectivity index (χ0n) is 7.97. The van der Waals surface area contributed by atoms with Crippen LogP contribution in [0, 0.1) is 5.92 Å². The zero-order chi connectivity index (χ0) is 10.4. The van der Waals surface area contributed by atoms with E-state index >= 15 is 0 Å². The van der Waals surface area contributed by atoms with E-state index in [4.69, 9.17) is 5.11 Å². The van der Waals surface area contributed by atoms with Crippen molar-refractivity contribution in [2.24, 2.45) is 5.92 Å². The first-order chi connectivity index (χ1) is 6.74. The molecule has 0 radical (unpaired) electrons. The van der Waals surface area contributed by atoms with Crippen LogP contribution in [0.3, 0.4) is 0 Å². The van der Waals surface area contributed by atoms with Crippen molar-refractivity contribution in [2.45, 2.75) is 13.3 Å². The summed E-state index contributed by atoms with van der Waals surface area (Å²) in [5.41, 5.74) is 0. The Hall–Kier alpha value is -1.65. The van der Waals surface area contributed by atoms with Crippen molar-refractivity contribution < 1.29 is 9.90 Å². The number of hydrogen-bond acceptors (Lipinski definition) is 4. The van der Waals surface area contributed by atoms with Crippen molar-refractivity contribution in [3.63, 3.8) is 0 Å².